The molecule has 0 aliphatic carbocycles. The Morgan fingerprint density at radius 1 is 1.42 bits per heavy atom. The van der Waals surface area contributed by atoms with E-state index in [2.05, 4.69) is 15.2 Å². The van der Waals surface area contributed by atoms with Crippen LogP contribution in [0, 0.1) is 17.1 Å². The van der Waals surface area contributed by atoms with Crippen molar-refractivity contribution in [1.82, 2.24) is 10.2 Å². The Kier molecular flexibility index (Phi) is 7.01. The molecule has 1 aliphatic rings. The summed E-state index contributed by atoms with van der Waals surface area (Å²) in [6, 6.07) is 6.39. The smallest absolute Gasteiger partial charge is 0.194 e. The standard InChI is InChI=1S/C18H25FN4O/c1-3-21-18(23-9-7-16(8-10-23)24-4-2)22-13-15-11-14(12-20)5-6-17(15)19/h5-6,11,16H,3-4,7-10,13H2,1-2H3,(H,21,22). The van der Waals surface area contributed by atoms with Crippen LogP contribution in [0.3, 0.4) is 0 Å². The average Bonchev–Trinajstić information content (AvgIpc) is 2.61. The van der Waals surface area contributed by atoms with Gasteiger partial charge in [0.2, 0.25) is 0 Å². The van der Waals surface area contributed by atoms with Crippen molar-refractivity contribution in [3.63, 3.8) is 0 Å². The molecule has 0 spiro atoms. The van der Waals surface area contributed by atoms with Crippen LogP contribution in [0.15, 0.2) is 23.2 Å². The number of ether oxygens (including phenoxy) is 1. The lowest BCUT2D eigenvalue weighted by atomic mass is 10.1. The minimum Gasteiger partial charge on any atom is -0.378 e. The van der Waals surface area contributed by atoms with Crippen molar-refractivity contribution in [2.75, 3.05) is 26.2 Å². The summed E-state index contributed by atoms with van der Waals surface area (Å²) < 4.78 is 19.6. The minimum absolute atomic E-state index is 0.217. The van der Waals surface area contributed by atoms with Crippen LogP contribution >= 0.6 is 0 Å². The molecular weight excluding hydrogens is 307 g/mol. The fourth-order valence-electron chi connectivity index (χ4n) is 2.82. The van der Waals surface area contributed by atoms with Gasteiger partial charge in [0.05, 0.1) is 24.3 Å². The first-order chi connectivity index (χ1) is 11.7. The number of guanidine groups is 1. The van der Waals surface area contributed by atoms with Crippen molar-refractivity contribution in [2.45, 2.75) is 39.3 Å². The predicted octanol–water partition coefficient (Wildman–Crippen LogP) is 2.66. The maximum absolute atomic E-state index is 13.9. The molecule has 1 saturated heterocycles. The van der Waals surface area contributed by atoms with E-state index in [4.69, 9.17) is 10.00 Å². The Morgan fingerprint density at radius 2 is 2.17 bits per heavy atom. The molecule has 0 atom stereocenters. The van der Waals surface area contributed by atoms with Gasteiger partial charge in [-0.15, -0.1) is 0 Å². The molecule has 0 unspecified atom stereocenters. The van der Waals surface area contributed by atoms with Gasteiger partial charge in [-0.05, 0) is 44.9 Å². The van der Waals surface area contributed by atoms with Gasteiger partial charge < -0.3 is 15.0 Å². The zero-order valence-electron chi connectivity index (χ0n) is 14.4. The minimum atomic E-state index is -0.330. The third-order valence-electron chi connectivity index (χ3n) is 4.05. The Morgan fingerprint density at radius 3 is 2.79 bits per heavy atom. The Balaban J connectivity index is 2.05. The molecule has 2 rings (SSSR count). The van der Waals surface area contributed by atoms with E-state index in [1.807, 2.05) is 19.9 Å². The third kappa shape index (κ3) is 4.93. The highest BCUT2D eigenvalue weighted by molar-refractivity contribution is 5.80. The first kappa shape index (κ1) is 18.2. The van der Waals surface area contributed by atoms with Gasteiger partial charge in [0.25, 0.3) is 0 Å². The molecule has 5 nitrogen and oxygen atoms in total. The maximum Gasteiger partial charge on any atom is 0.194 e. The average molecular weight is 332 g/mol. The molecule has 0 radical (unpaired) electrons. The third-order valence-corrected chi connectivity index (χ3v) is 4.05. The number of benzene rings is 1. The second-order valence-electron chi connectivity index (χ2n) is 5.73. The van der Waals surface area contributed by atoms with E-state index in [9.17, 15) is 4.39 Å². The quantitative estimate of drug-likeness (QED) is 0.665. The van der Waals surface area contributed by atoms with Crippen LogP contribution in [0.25, 0.3) is 0 Å². The molecule has 0 saturated carbocycles. The topological polar surface area (TPSA) is 60.7 Å². The number of nitriles is 1. The SMILES string of the molecule is CCNC(=NCc1cc(C#N)ccc1F)N1CCC(OCC)CC1. The molecule has 130 valence electrons. The number of rotatable bonds is 5. The molecule has 0 amide bonds. The highest BCUT2D eigenvalue weighted by Gasteiger charge is 2.21. The lowest BCUT2D eigenvalue weighted by Gasteiger charge is -2.34. The van der Waals surface area contributed by atoms with Gasteiger partial charge >= 0.3 is 0 Å². The highest BCUT2D eigenvalue weighted by atomic mass is 19.1. The first-order valence-electron chi connectivity index (χ1n) is 8.51. The zero-order chi connectivity index (χ0) is 17.4. The predicted molar refractivity (Wildman–Crippen MR) is 92.2 cm³/mol. The number of nitrogens with one attached hydrogen (secondary N) is 1. The number of hydrogen-bond donors (Lipinski definition) is 1. The van der Waals surface area contributed by atoms with Gasteiger partial charge in [0.15, 0.2) is 5.96 Å². The highest BCUT2D eigenvalue weighted by Crippen LogP contribution is 2.15. The number of aliphatic imine (C=N–C) groups is 1. The largest absolute Gasteiger partial charge is 0.378 e. The number of hydrogen-bond acceptors (Lipinski definition) is 3. The lowest BCUT2D eigenvalue weighted by molar-refractivity contribution is 0.0263. The fourth-order valence-corrected chi connectivity index (χ4v) is 2.82. The molecule has 1 aromatic carbocycles. The summed E-state index contributed by atoms with van der Waals surface area (Å²) in [6.07, 6.45) is 2.26. The first-order valence-corrected chi connectivity index (χ1v) is 8.51. The summed E-state index contributed by atoms with van der Waals surface area (Å²) in [4.78, 5) is 6.74. The molecule has 6 heteroatoms. The molecule has 1 fully saturated rings. The van der Waals surface area contributed by atoms with Crippen LogP contribution in [-0.4, -0.2) is 43.2 Å². The normalized spacial score (nSPS) is 16.1. The van der Waals surface area contributed by atoms with Crippen molar-refractivity contribution < 1.29 is 9.13 Å². The van der Waals surface area contributed by atoms with Crippen molar-refractivity contribution in [3.8, 4) is 6.07 Å². The summed E-state index contributed by atoms with van der Waals surface area (Å²) in [6.45, 7) is 7.49. The maximum atomic E-state index is 13.9. The number of halogens is 1. The monoisotopic (exact) mass is 332 g/mol. The van der Waals surface area contributed by atoms with E-state index >= 15 is 0 Å². The second-order valence-corrected chi connectivity index (χ2v) is 5.73. The van der Waals surface area contributed by atoms with Crippen LogP contribution in [0.2, 0.25) is 0 Å². The van der Waals surface area contributed by atoms with Gasteiger partial charge in [-0.25, -0.2) is 9.38 Å². The summed E-state index contributed by atoms with van der Waals surface area (Å²) in [5.41, 5.74) is 0.887. The van der Waals surface area contributed by atoms with Crippen molar-refractivity contribution in [1.29, 1.82) is 5.26 Å². The Labute approximate surface area is 143 Å². The molecule has 1 aliphatic heterocycles. The molecule has 1 aromatic rings. The van der Waals surface area contributed by atoms with E-state index in [0.29, 0.717) is 17.2 Å². The van der Waals surface area contributed by atoms with Crippen LogP contribution in [0.5, 0.6) is 0 Å². The van der Waals surface area contributed by atoms with Crippen molar-refractivity contribution >= 4 is 5.96 Å². The van der Waals surface area contributed by atoms with Gasteiger partial charge in [-0.1, -0.05) is 0 Å². The number of piperidine rings is 1. The van der Waals surface area contributed by atoms with E-state index < -0.39 is 0 Å². The van der Waals surface area contributed by atoms with Gasteiger partial charge in [0.1, 0.15) is 5.82 Å². The zero-order valence-corrected chi connectivity index (χ0v) is 14.4. The summed E-state index contributed by atoms with van der Waals surface area (Å²) in [5.74, 6) is 0.456. The van der Waals surface area contributed by atoms with E-state index in [-0.39, 0.29) is 12.4 Å². The molecule has 1 N–H and O–H groups in total. The molecule has 0 bridgehead atoms. The van der Waals surface area contributed by atoms with Crippen LogP contribution in [0.4, 0.5) is 4.39 Å². The van der Waals surface area contributed by atoms with Gasteiger partial charge in [-0.3, -0.25) is 0 Å². The number of nitrogens with zero attached hydrogens (tertiary/aromatic N) is 3. The second kappa shape index (κ2) is 9.24. The van der Waals surface area contributed by atoms with Crippen LogP contribution in [-0.2, 0) is 11.3 Å². The Hall–Kier alpha value is -2.13. The molecular formula is C18H25FN4O. The van der Waals surface area contributed by atoms with Crippen molar-refractivity contribution in [3.05, 3.63) is 35.1 Å². The molecule has 1 heterocycles. The Bertz CT molecular complexity index is 604. The van der Waals surface area contributed by atoms with Gasteiger partial charge in [-0.2, -0.15) is 5.26 Å². The van der Waals surface area contributed by atoms with Crippen molar-refractivity contribution in [2.24, 2.45) is 4.99 Å². The summed E-state index contributed by atoms with van der Waals surface area (Å²) >= 11 is 0. The van der Waals surface area contributed by atoms with Crippen LogP contribution in [0.1, 0.15) is 37.8 Å². The van der Waals surface area contributed by atoms with E-state index in [1.165, 1.54) is 12.1 Å². The van der Waals surface area contributed by atoms with Crippen LogP contribution < -0.4 is 5.32 Å². The van der Waals surface area contributed by atoms with E-state index in [1.54, 1.807) is 6.07 Å². The number of likely N-dealkylation sites (tertiary alicyclic amines) is 1. The summed E-state index contributed by atoms with van der Waals surface area (Å²) in [5, 5.41) is 12.2. The lowest BCUT2D eigenvalue weighted by Crippen LogP contribution is -2.47. The molecule has 24 heavy (non-hydrogen) atoms. The van der Waals surface area contributed by atoms with Gasteiger partial charge in [0, 0.05) is 31.8 Å². The fraction of sp³-hybridized carbons (Fsp3) is 0.556. The molecule has 0 aromatic heterocycles. The summed E-state index contributed by atoms with van der Waals surface area (Å²) in [7, 11) is 0. The van der Waals surface area contributed by atoms with E-state index in [0.717, 1.165) is 45.0 Å².